The van der Waals surface area contributed by atoms with E-state index in [0.29, 0.717) is 11.8 Å². The highest BCUT2D eigenvalue weighted by Gasteiger charge is 2.29. The first kappa shape index (κ1) is 21.5. The number of ether oxygens (including phenoxy) is 1. The van der Waals surface area contributed by atoms with Gasteiger partial charge in [0.2, 0.25) is 0 Å². The van der Waals surface area contributed by atoms with E-state index in [0.717, 1.165) is 57.9 Å². The van der Waals surface area contributed by atoms with E-state index in [4.69, 9.17) is 4.74 Å². The van der Waals surface area contributed by atoms with Crippen LogP contribution in [0.5, 0.6) is 0 Å². The maximum absolute atomic E-state index is 12.4. The van der Waals surface area contributed by atoms with Crippen molar-refractivity contribution in [1.29, 1.82) is 0 Å². The Hall–Kier alpha value is -2.24. The van der Waals surface area contributed by atoms with Crippen molar-refractivity contribution >= 4 is 12.1 Å². The molecule has 2 aliphatic rings. The molecule has 0 radical (unpaired) electrons. The average Bonchev–Trinajstić information content (AvgIpc) is 3.18. The molecule has 2 atom stereocenters. The van der Waals surface area contributed by atoms with Crippen LogP contribution in [0.2, 0.25) is 0 Å². The number of aliphatic imine (C=N–C) groups is 1. The summed E-state index contributed by atoms with van der Waals surface area (Å²) in [5.74, 6) is 1.95. The van der Waals surface area contributed by atoms with E-state index in [1.807, 2.05) is 32.7 Å². The SMILES string of the molecule is CN=C(NCC1CCCN(C(=O)OC(C)(C)C)C1)N1CCC(c2ccccc2)C1. The molecule has 0 aliphatic carbocycles. The van der Waals surface area contributed by atoms with E-state index in [2.05, 4.69) is 45.5 Å². The number of carbonyl (C=O) groups excluding carboxylic acids is 1. The zero-order valence-corrected chi connectivity index (χ0v) is 18.4. The summed E-state index contributed by atoms with van der Waals surface area (Å²) in [6.45, 7) is 10.1. The van der Waals surface area contributed by atoms with Crippen molar-refractivity contribution in [3.05, 3.63) is 35.9 Å². The number of piperidine rings is 1. The highest BCUT2D eigenvalue weighted by atomic mass is 16.6. The first-order valence-corrected chi connectivity index (χ1v) is 10.8. The summed E-state index contributed by atoms with van der Waals surface area (Å²) in [6.07, 6.45) is 3.09. The highest BCUT2D eigenvalue weighted by molar-refractivity contribution is 5.80. The minimum absolute atomic E-state index is 0.197. The van der Waals surface area contributed by atoms with Crippen molar-refractivity contribution < 1.29 is 9.53 Å². The first-order valence-electron chi connectivity index (χ1n) is 10.8. The van der Waals surface area contributed by atoms with Crippen LogP contribution in [0.1, 0.15) is 51.5 Å². The fraction of sp³-hybridized carbons (Fsp3) is 0.652. The zero-order chi connectivity index (χ0) is 20.9. The number of hydrogen-bond acceptors (Lipinski definition) is 3. The van der Waals surface area contributed by atoms with Crippen molar-refractivity contribution in [2.75, 3.05) is 39.8 Å². The van der Waals surface area contributed by atoms with E-state index in [1.54, 1.807) is 0 Å². The van der Waals surface area contributed by atoms with E-state index in [9.17, 15) is 4.79 Å². The molecule has 2 aliphatic heterocycles. The summed E-state index contributed by atoms with van der Waals surface area (Å²) >= 11 is 0. The molecule has 1 amide bonds. The van der Waals surface area contributed by atoms with E-state index in [-0.39, 0.29) is 6.09 Å². The third-order valence-electron chi connectivity index (χ3n) is 5.69. The fourth-order valence-corrected chi connectivity index (χ4v) is 4.24. The molecule has 1 aromatic rings. The summed E-state index contributed by atoms with van der Waals surface area (Å²) in [7, 11) is 1.85. The van der Waals surface area contributed by atoms with Crippen LogP contribution in [0.3, 0.4) is 0 Å². The quantitative estimate of drug-likeness (QED) is 0.621. The molecular weight excluding hydrogens is 364 g/mol. The van der Waals surface area contributed by atoms with Crippen LogP contribution in [-0.2, 0) is 4.74 Å². The molecule has 0 spiro atoms. The van der Waals surface area contributed by atoms with Gasteiger partial charge in [0.15, 0.2) is 5.96 Å². The second-order valence-electron chi connectivity index (χ2n) is 9.21. The molecule has 0 saturated carbocycles. The van der Waals surface area contributed by atoms with Crippen LogP contribution in [0.15, 0.2) is 35.3 Å². The van der Waals surface area contributed by atoms with Gasteiger partial charge in [0, 0.05) is 45.7 Å². The largest absolute Gasteiger partial charge is 0.444 e. The Bertz CT molecular complexity index is 699. The number of nitrogens with zero attached hydrogens (tertiary/aromatic N) is 3. The number of carbonyl (C=O) groups is 1. The predicted molar refractivity (Wildman–Crippen MR) is 117 cm³/mol. The molecular formula is C23H36N4O2. The van der Waals surface area contributed by atoms with Gasteiger partial charge in [-0.1, -0.05) is 30.3 Å². The van der Waals surface area contributed by atoms with E-state index < -0.39 is 5.60 Å². The van der Waals surface area contributed by atoms with Crippen LogP contribution in [-0.4, -0.2) is 67.2 Å². The molecule has 6 nitrogen and oxygen atoms in total. The molecule has 1 aromatic carbocycles. The van der Waals surface area contributed by atoms with Gasteiger partial charge in [-0.15, -0.1) is 0 Å². The Morgan fingerprint density at radius 1 is 1.14 bits per heavy atom. The number of benzene rings is 1. The topological polar surface area (TPSA) is 57.2 Å². The second kappa shape index (κ2) is 9.51. The molecule has 6 heteroatoms. The lowest BCUT2D eigenvalue weighted by atomic mass is 9.98. The smallest absolute Gasteiger partial charge is 0.410 e. The van der Waals surface area contributed by atoms with Crippen molar-refractivity contribution in [3.63, 3.8) is 0 Å². The van der Waals surface area contributed by atoms with Crippen molar-refractivity contribution in [2.45, 2.75) is 51.6 Å². The first-order chi connectivity index (χ1) is 13.9. The average molecular weight is 401 g/mol. The van der Waals surface area contributed by atoms with Gasteiger partial charge in [0.05, 0.1) is 0 Å². The number of likely N-dealkylation sites (tertiary alicyclic amines) is 2. The minimum atomic E-state index is -0.449. The second-order valence-corrected chi connectivity index (χ2v) is 9.21. The van der Waals surface area contributed by atoms with Crippen LogP contribution in [0.4, 0.5) is 4.79 Å². The van der Waals surface area contributed by atoms with Crippen LogP contribution >= 0.6 is 0 Å². The highest BCUT2D eigenvalue weighted by Crippen LogP contribution is 2.27. The zero-order valence-electron chi connectivity index (χ0n) is 18.4. The molecule has 29 heavy (non-hydrogen) atoms. The van der Waals surface area contributed by atoms with Gasteiger partial charge in [-0.2, -0.15) is 0 Å². The number of nitrogens with one attached hydrogen (secondary N) is 1. The number of guanidine groups is 1. The molecule has 2 unspecified atom stereocenters. The van der Waals surface area contributed by atoms with Crippen LogP contribution < -0.4 is 5.32 Å². The van der Waals surface area contributed by atoms with Gasteiger partial charge in [0.1, 0.15) is 5.60 Å². The lowest BCUT2D eigenvalue weighted by Crippen LogP contribution is -2.47. The number of hydrogen-bond donors (Lipinski definition) is 1. The van der Waals surface area contributed by atoms with Gasteiger partial charge in [-0.25, -0.2) is 4.79 Å². The molecule has 0 bridgehead atoms. The molecule has 2 saturated heterocycles. The molecule has 160 valence electrons. The standard InChI is InChI=1S/C23H36N4O2/c1-23(2,3)29-22(28)27-13-8-9-18(16-27)15-25-21(24-4)26-14-12-20(17-26)19-10-6-5-7-11-19/h5-7,10-11,18,20H,8-9,12-17H2,1-4H3,(H,24,25). The Morgan fingerprint density at radius 3 is 2.59 bits per heavy atom. The fourth-order valence-electron chi connectivity index (χ4n) is 4.24. The summed E-state index contributed by atoms with van der Waals surface area (Å²) in [5, 5.41) is 3.56. The van der Waals surface area contributed by atoms with E-state index >= 15 is 0 Å². The molecule has 1 N–H and O–H groups in total. The maximum atomic E-state index is 12.4. The number of amides is 1. The Kier molecular flexibility index (Phi) is 7.04. The van der Waals surface area contributed by atoms with Crippen molar-refractivity contribution in [1.82, 2.24) is 15.1 Å². The minimum Gasteiger partial charge on any atom is -0.444 e. The maximum Gasteiger partial charge on any atom is 0.410 e. The van der Waals surface area contributed by atoms with Crippen LogP contribution in [0, 0.1) is 5.92 Å². The van der Waals surface area contributed by atoms with Crippen molar-refractivity contribution in [3.8, 4) is 0 Å². The molecule has 2 heterocycles. The lowest BCUT2D eigenvalue weighted by Gasteiger charge is -2.34. The molecule has 3 rings (SSSR count). The van der Waals surface area contributed by atoms with Crippen LogP contribution in [0.25, 0.3) is 0 Å². The van der Waals surface area contributed by atoms with Crippen molar-refractivity contribution in [2.24, 2.45) is 10.9 Å². The summed E-state index contributed by atoms with van der Waals surface area (Å²) in [4.78, 5) is 21.1. The summed E-state index contributed by atoms with van der Waals surface area (Å²) in [6, 6.07) is 10.7. The summed E-state index contributed by atoms with van der Waals surface area (Å²) in [5.41, 5.74) is 0.959. The monoisotopic (exact) mass is 400 g/mol. The molecule has 2 fully saturated rings. The van der Waals surface area contributed by atoms with Gasteiger partial charge in [-0.05, 0) is 51.5 Å². The molecule has 0 aromatic heterocycles. The van der Waals surface area contributed by atoms with Gasteiger partial charge in [0.25, 0.3) is 0 Å². The predicted octanol–water partition coefficient (Wildman–Crippen LogP) is 3.70. The van der Waals surface area contributed by atoms with Gasteiger partial charge in [-0.3, -0.25) is 4.99 Å². The number of rotatable bonds is 3. The van der Waals surface area contributed by atoms with Gasteiger partial charge < -0.3 is 19.9 Å². The third kappa shape index (κ3) is 6.12. The third-order valence-corrected chi connectivity index (χ3v) is 5.69. The van der Waals surface area contributed by atoms with Gasteiger partial charge >= 0.3 is 6.09 Å². The Labute approximate surface area is 175 Å². The van der Waals surface area contributed by atoms with E-state index in [1.165, 1.54) is 5.56 Å². The summed E-state index contributed by atoms with van der Waals surface area (Å²) < 4.78 is 5.54. The Balaban J connectivity index is 1.49. The normalized spacial score (nSPS) is 23.2. The lowest BCUT2D eigenvalue weighted by molar-refractivity contribution is 0.0168. The Morgan fingerprint density at radius 2 is 1.90 bits per heavy atom.